The summed E-state index contributed by atoms with van der Waals surface area (Å²) in [5.41, 5.74) is 1.74. The molecule has 4 rings (SSSR count). The third-order valence-electron chi connectivity index (χ3n) is 5.38. The van der Waals surface area contributed by atoms with Crippen molar-refractivity contribution in [2.45, 2.75) is 39.3 Å². The average Bonchev–Trinajstić information content (AvgIpc) is 3.03. The first-order valence-electron chi connectivity index (χ1n) is 10.1. The van der Waals surface area contributed by atoms with Crippen molar-refractivity contribution in [3.8, 4) is 0 Å². The number of aryl methyl sites for hydroxylation is 1. The van der Waals surface area contributed by atoms with Crippen molar-refractivity contribution >= 4 is 49.1 Å². The zero-order chi connectivity index (χ0) is 21.4. The lowest BCUT2D eigenvalue weighted by Gasteiger charge is -2.18. The molecule has 1 aliphatic rings. The Labute approximate surface area is 188 Å². The van der Waals surface area contributed by atoms with Gasteiger partial charge < -0.3 is 10.2 Å². The van der Waals surface area contributed by atoms with Gasteiger partial charge in [0.05, 0.1) is 11.9 Å². The lowest BCUT2D eigenvalue weighted by molar-refractivity contribution is -0.116. The molecule has 3 aromatic rings. The molecule has 0 bridgehead atoms. The number of nitrogens with one attached hydrogen (secondary N) is 1. The van der Waals surface area contributed by atoms with E-state index in [-0.39, 0.29) is 18.0 Å². The van der Waals surface area contributed by atoms with Crippen molar-refractivity contribution in [2.75, 3.05) is 19.4 Å². The van der Waals surface area contributed by atoms with Crippen molar-refractivity contribution in [3.05, 3.63) is 55.4 Å². The van der Waals surface area contributed by atoms with Crippen molar-refractivity contribution in [3.63, 3.8) is 0 Å². The minimum absolute atomic E-state index is 0.0535. The van der Waals surface area contributed by atoms with Gasteiger partial charge in [-0.3, -0.25) is 14.2 Å². The monoisotopic (exact) mass is 488 g/mol. The number of carbonyl (C=O) groups is 1. The van der Waals surface area contributed by atoms with Crippen LogP contribution < -0.4 is 10.9 Å². The van der Waals surface area contributed by atoms with Gasteiger partial charge in [0.1, 0.15) is 17.2 Å². The maximum absolute atomic E-state index is 13.5. The molecule has 8 heteroatoms. The maximum Gasteiger partial charge on any atom is 0.263 e. The predicted molar refractivity (Wildman–Crippen MR) is 125 cm³/mol. The van der Waals surface area contributed by atoms with Gasteiger partial charge in [-0.2, -0.15) is 0 Å². The normalized spacial score (nSPS) is 16.1. The lowest BCUT2D eigenvalue weighted by Crippen LogP contribution is -2.33. The molecule has 6 nitrogen and oxygen atoms in total. The van der Waals surface area contributed by atoms with Gasteiger partial charge in [0.25, 0.3) is 5.56 Å². The van der Waals surface area contributed by atoms with Gasteiger partial charge in [-0.15, -0.1) is 11.3 Å². The molecule has 0 spiro atoms. The lowest BCUT2D eigenvalue weighted by atomic mass is 9.89. The van der Waals surface area contributed by atoms with Gasteiger partial charge >= 0.3 is 0 Å². The molecule has 1 unspecified atom stereocenters. The Bertz CT molecular complexity index is 1150. The highest BCUT2D eigenvalue weighted by atomic mass is 79.9. The van der Waals surface area contributed by atoms with Crippen molar-refractivity contribution in [1.82, 2.24) is 14.5 Å². The van der Waals surface area contributed by atoms with Crippen LogP contribution in [0.4, 0.5) is 5.69 Å². The minimum atomic E-state index is -0.238. The fraction of sp³-hybridized carbons (Fsp3) is 0.409. The summed E-state index contributed by atoms with van der Waals surface area (Å²) >= 11 is 5.03. The molecule has 0 fully saturated rings. The van der Waals surface area contributed by atoms with Gasteiger partial charge in [0, 0.05) is 15.0 Å². The standard InChI is InChI=1S/C22H25BrN4O2S/c1-13-4-9-16-17(10-13)30-21-20(16)22(29)27(18(25-21)11-26(2)3)12-19(28)24-15-7-5-14(23)6-8-15/h5-8,13H,4,9-12H2,1-3H3,(H,24,28). The van der Waals surface area contributed by atoms with E-state index in [2.05, 4.69) is 28.2 Å². The highest BCUT2D eigenvalue weighted by Gasteiger charge is 2.25. The van der Waals surface area contributed by atoms with E-state index in [0.29, 0.717) is 29.4 Å². The van der Waals surface area contributed by atoms with Gasteiger partial charge in [0.2, 0.25) is 5.91 Å². The quantitative estimate of drug-likeness (QED) is 0.588. The Hall–Kier alpha value is -2.03. The number of hydrogen-bond acceptors (Lipinski definition) is 5. The SMILES string of the molecule is CC1CCc2c(sc3nc(CN(C)C)n(CC(=O)Nc4ccc(Br)cc4)c(=O)c23)C1. The predicted octanol–water partition coefficient (Wildman–Crippen LogP) is 4.05. The van der Waals surface area contributed by atoms with Crippen LogP contribution in [-0.4, -0.2) is 34.5 Å². The summed E-state index contributed by atoms with van der Waals surface area (Å²) in [7, 11) is 3.87. The highest BCUT2D eigenvalue weighted by molar-refractivity contribution is 9.10. The van der Waals surface area contributed by atoms with Gasteiger partial charge in [-0.1, -0.05) is 22.9 Å². The second-order valence-corrected chi connectivity index (χ2v) is 10.2. The third kappa shape index (κ3) is 4.36. The molecule has 30 heavy (non-hydrogen) atoms. The average molecular weight is 489 g/mol. The summed E-state index contributed by atoms with van der Waals surface area (Å²) in [5.74, 6) is 1.01. The number of anilines is 1. The van der Waals surface area contributed by atoms with E-state index in [1.807, 2.05) is 43.3 Å². The van der Waals surface area contributed by atoms with Crippen molar-refractivity contribution < 1.29 is 4.79 Å². The zero-order valence-electron chi connectivity index (χ0n) is 17.4. The zero-order valence-corrected chi connectivity index (χ0v) is 19.8. The number of rotatable bonds is 5. The Kier molecular flexibility index (Phi) is 6.09. The summed E-state index contributed by atoms with van der Waals surface area (Å²) in [4.78, 5) is 35.1. The topological polar surface area (TPSA) is 67.2 Å². The van der Waals surface area contributed by atoms with Crippen molar-refractivity contribution in [1.29, 1.82) is 0 Å². The number of amides is 1. The molecule has 0 saturated carbocycles. The van der Waals surface area contributed by atoms with E-state index < -0.39 is 0 Å². The first-order chi connectivity index (χ1) is 14.3. The number of carbonyl (C=O) groups excluding carboxylic acids is 1. The van der Waals surface area contributed by atoms with E-state index in [1.54, 1.807) is 15.9 Å². The van der Waals surface area contributed by atoms with Gasteiger partial charge in [-0.05, 0) is 69.1 Å². The van der Waals surface area contributed by atoms with E-state index in [1.165, 1.54) is 4.88 Å². The molecular formula is C22H25BrN4O2S. The molecule has 0 radical (unpaired) electrons. The first-order valence-corrected chi connectivity index (χ1v) is 11.7. The highest BCUT2D eigenvalue weighted by Crippen LogP contribution is 2.35. The molecular weight excluding hydrogens is 464 g/mol. The fourth-order valence-corrected chi connectivity index (χ4v) is 5.57. The van der Waals surface area contributed by atoms with E-state index in [9.17, 15) is 9.59 Å². The van der Waals surface area contributed by atoms with Crippen molar-refractivity contribution in [2.24, 2.45) is 5.92 Å². The number of thiophene rings is 1. The molecule has 158 valence electrons. The number of benzene rings is 1. The summed E-state index contributed by atoms with van der Waals surface area (Å²) in [6.45, 7) is 2.70. The smallest absolute Gasteiger partial charge is 0.263 e. The molecule has 0 saturated heterocycles. The van der Waals surface area contributed by atoms with Crippen LogP contribution in [0, 0.1) is 5.92 Å². The van der Waals surface area contributed by atoms with Crippen LogP contribution in [0.2, 0.25) is 0 Å². The maximum atomic E-state index is 13.5. The Morgan fingerprint density at radius 1 is 1.33 bits per heavy atom. The molecule has 1 amide bonds. The van der Waals surface area contributed by atoms with E-state index >= 15 is 0 Å². The summed E-state index contributed by atoms with van der Waals surface area (Å²) in [5, 5.41) is 3.59. The molecule has 1 aliphatic carbocycles. The van der Waals surface area contributed by atoms with E-state index in [0.717, 1.165) is 34.1 Å². The van der Waals surface area contributed by atoms with Gasteiger partial charge in [0.15, 0.2) is 0 Å². The molecule has 1 N–H and O–H groups in total. The second-order valence-electron chi connectivity index (χ2n) is 8.24. The van der Waals surface area contributed by atoms with Crippen LogP contribution in [0.15, 0.2) is 33.5 Å². The fourth-order valence-electron chi connectivity index (χ4n) is 3.91. The Morgan fingerprint density at radius 3 is 2.77 bits per heavy atom. The minimum Gasteiger partial charge on any atom is -0.325 e. The van der Waals surface area contributed by atoms with Crippen LogP contribution in [0.1, 0.15) is 29.6 Å². The molecule has 2 aromatic heterocycles. The summed E-state index contributed by atoms with van der Waals surface area (Å²) in [6, 6.07) is 7.38. The number of halogens is 1. The van der Waals surface area contributed by atoms with Crippen LogP contribution in [0.25, 0.3) is 10.2 Å². The largest absolute Gasteiger partial charge is 0.325 e. The summed E-state index contributed by atoms with van der Waals surface area (Å²) < 4.78 is 2.48. The van der Waals surface area contributed by atoms with Gasteiger partial charge in [-0.25, -0.2) is 4.98 Å². The summed E-state index contributed by atoms with van der Waals surface area (Å²) in [6.07, 6.45) is 3.00. The van der Waals surface area contributed by atoms with Crippen LogP contribution in [-0.2, 0) is 30.7 Å². The molecule has 2 heterocycles. The molecule has 1 aromatic carbocycles. The number of hydrogen-bond donors (Lipinski definition) is 1. The Morgan fingerprint density at radius 2 is 2.07 bits per heavy atom. The molecule has 0 aliphatic heterocycles. The number of aromatic nitrogens is 2. The van der Waals surface area contributed by atoms with E-state index in [4.69, 9.17) is 4.98 Å². The number of nitrogens with zero attached hydrogens (tertiary/aromatic N) is 3. The van der Waals surface area contributed by atoms with Crippen LogP contribution in [0.5, 0.6) is 0 Å². The Balaban J connectivity index is 1.72. The van der Waals surface area contributed by atoms with Crippen LogP contribution in [0.3, 0.4) is 0 Å². The second kappa shape index (κ2) is 8.61. The third-order valence-corrected chi connectivity index (χ3v) is 7.06. The number of fused-ring (bicyclic) bond motifs is 3. The molecule has 1 atom stereocenters. The van der Waals surface area contributed by atoms with Crippen LogP contribution >= 0.6 is 27.3 Å². The first kappa shape index (κ1) is 21.2.